The molecule has 0 saturated heterocycles. The zero-order valence-electron chi connectivity index (χ0n) is 16.8. The van der Waals surface area contributed by atoms with Crippen LogP contribution in [-0.2, 0) is 0 Å². The molecule has 0 nitrogen and oxygen atoms in total. The van der Waals surface area contributed by atoms with Crippen LogP contribution >= 0.6 is 0 Å². The Morgan fingerprint density at radius 2 is 1.31 bits per heavy atom. The van der Waals surface area contributed by atoms with Crippen molar-refractivity contribution in [2.45, 2.75) is 70.6 Å². The van der Waals surface area contributed by atoms with Crippen LogP contribution in [0.5, 0.6) is 0 Å². The van der Waals surface area contributed by atoms with Crippen LogP contribution in [0.4, 0.5) is 0 Å². The van der Waals surface area contributed by atoms with Crippen LogP contribution in [0.3, 0.4) is 0 Å². The fraction of sp³-hybridized carbons (Fsp3) is 0.538. The zero-order valence-corrected chi connectivity index (χ0v) is 16.8. The molecule has 0 radical (unpaired) electrons. The first kappa shape index (κ1) is 22.5. The van der Waals surface area contributed by atoms with Gasteiger partial charge in [0, 0.05) is 0 Å². The van der Waals surface area contributed by atoms with E-state index >= 15 is 0 Å². The van der Waals surface area contributed by atoms with Crippen molar-refractivity contribution in [3.05, 3.63) is 74.4 Å². The molecule has 26 heavy (non-hydrogen) atoms. The van der Waals surface area contributed by atoms with Crippen LogP contribution in [0.2, 0.25) is 0 Å². The molecule has 3 unspecified atom stereocenters. The molecular formula is C26H40. The second-order valence-corrected chi connectivity index (χ2v) is 7.57. The first-order valence-corrected chi connectivity index (χ1v) is 10.6. The van der Waals surface area contributed by atoms with Crippen molar-refractivity contribution in [3.63, 3.8) is 0 Å². The van der Waals surface area contributed by atoms with Crippen LogP contribution in [-0.4, -0.2) is 0 Å². The fourth-order valence-electron chi connectivity index (χ4n) is 3.89. The molecule has 2 bridgehead atoms. The minimum atomic E-state index is 0.953. The van der Waals surface area contributed by atoms with Gasteiger partial charge in [-0.25, -0.2) is 0 Å². The summed E-state index contributed by atoms with van der Waals surface area (Å²) < 4.78 is 0. The van der Waals surface area contributed by atoms with E-state index in [0.717, 1.165) is 37.0 Å². The normalized spacial score (nSPS) is 23.8. The molecule has 0 N–H and O–H groups in total. The quantitative estimate of drug-likeness (QED) is 0.273. The SMILES string of the molecule is C1=CCC=C1.C=CCCCCC1CC2C=CC1C2.C=CCCCCC=C. The third-order valence-corrected chi connectivity index (χ3v) is 5.37. The minimum absolute atomic E-state index is 0.953. The van der Waals surface area contributed by atoms with Gasteiger partial charge in [0.05, 0.1) is 0 Å². The van der Waals surface area contributed by atoms with E-state index in [4.69, 9.17) is 0 Å². The van der Waals surface area contributed by atoms with Crippen molar-refractivity contribution < 1.29 is 0 Å². The Bertz CT molecular complexity index is 442. The molecule has 3 atom stereocenters. The van der Waals surface area contributed by atoms with Crippen molar-refractivity contribution in [1.29, 1.82) is 0 Å². The van der Waals surface area contributed by atoms with Gasteiger partial charge in [-0.1, -0.05) is 61.1 Å². The van der Waals surface area contributed by atoms with Gasteiger partial charge >= 0.3 is 0 Å². The molecule has 0 aromatic heterocycles. The maximum Gasteiger partial charge on any atom is -0.0163 e. The van der Waals surface area contributed by atoms with Crippen LogP contribution in [0.15, 0.2) is 74.4 Å². The zero-order chi connectivity index (χ0) is 18.9. The number of allylic oxidation sites excluding steroid dienone is 9. The summed E-state index contributed by atoms with van der Waals surface area (Å²) in [5.74, 6) is 2.93. The van der Waals surface area contributed by atoms with Crippen molar-refractivity contribution in [2.75, 3.05) is 0 Å². The molecule has 0 heterocycles. The second-order valence-electron chi connectivity index (χ2n) is 7.57. The molecule has 0 spiro atoms. The van der Waals surface area contributed by atoms with Crippen LogP contribution in [0.1, 0.15) is 70.6 Å². The van der Waals surface area contributed by atoms with Gasteiger partial charge in [0.2, 0.25) is 0 Å². The summed E-state index contributed by atoms with van der Waals surface area (Å²) in [4.78, 5) is 0. The first-order valence-electron chi connectivity index (χ1n) is 10.6. The number of fused-ring (bicyclic) bond motifs is 2. The summed E-state index contributed by atoms with van der Waals surface area (Å²) in [5.41, 5.74) is 0. The smallest absolute Gasteiger partial charge is 0.0163 e. The summed E-state index contributed by atoms with van der Waals surface area (Å²) in [6, 6.07) is 0. The summed E-state index contributed by atoms with van der Waals surface area (Å²) in [5, 5.41) is 0. The summed E-state index contributed by atoms with van der Waals surface area (Å²) in [6.45, 7) is 11.0. The van der Waals surface area contributed by atoms with Crippen molar-refractivity contribution >= 4 is 0 Å². The molecule has 1 saturated carbocycles. The lowest BCUT2D eigenvalue weighted by atomic mass is 9.89. The van der Waals surface area contributed by atoms with Gasteiger partial charge < -0.3 is 0 Å². The van der Waals surface area contributed by atoms with Gasteiger partial charge in [0.25, 0.3) is 0 Å². The van der Waals surface area contributed by atoms with Crippen LogP contribution < -0.4 is 0 Å². The number of unbranched alkanes of at least 4 members (excludes halogenated alkanes) is 5. The highest BCUT2D eigenvalue weighted by atomic mass is 14.4. The summed E-state index contributed by atoms with van der Waals surface area (Å²) >= 11 is 0. The lowest BCUT2D eigenvalue weighted by Crippen LogP contribution is -2.06. The van der Waals surface area contributed by atoms with E-state index in [2.05, 4.69) is 56.2 Å². The van der Waals surface area contributed by atoms with Gasteiger partial charge in [0.15, 0.2) is 0 Å². The lowest BCUT2D eigenvalue weighted by molar-refractivity contribution is 0.399. The Morgan fingerprint density at radius 1 is 0.731 bits per heavy atom. The standard InChI is InChI=1S/C13H20.C8H14.C5H6/c1-2-3-4-5-6-12-9-11-7-8-13(12)10-11;1-3-5-7-8-6-4-2;1-2-4-5-3-1/h2,7-8,11-13H,1,3-6,9-10H2;3-4H,1-2,5-8H2;1-4H,5H2. The van der Waals surface area contributed by atoms with E-state index < -0.39 is 0 Å². The molecule has 3 aliphatic carbocycles. The molecule has 144 valence electrons. The van der Waals surface area contributed by atoms with E-state index in [9.17, 15) is 0 Å². The highest BCUT2D eigenvalue weighted by Gasteiger charge is 2.34. The predicted octanol–water partition coefficient (Wildman–Crippen LogP) is 8.37. The van der Waals surface area contributed by atoms with E-state index in [1.807, 2.05) is 18.2 Å². The van der Waals surface area contributed by atoms with Gasteiger partial charge in [-0.05, 0) is 82.0 Å². The highest BCUT2D eigenvalue weighted by molar-refractivity contribution is 5.12. The van der Waals surface area contributed by atoms with Crippen LogP contribution in [0, 0.1) is 17.8 Å². The summed E-state index contributed by atoms with van der Waals surface area (Å²) in [6.07, 6.45) is 33.5. The minimum Gasteiger partial charge on any atom is -0.103 e. The lowest BCUT2D eigenvalue weighted by Gasteiger charge is -2.17. The predicted molar refractivity (Wildman–Crippen MR) is 119 cm³/mol. The third kappa shape index (κ3) is 10.4. The first-order chi connectivity index (χ1) is 12.8. The second kappa shape index (κ2) is 15.7. The monoisotopic (exact) mass is 352 g/mol. The van der Waals surface area contributed by atoms with Crippen molar-refractivity contribution in [2.24, 2.45) is 17.8 Å². The molecule has 0 aromatic rings. The molecule has 0 aliphatic heterocycles. The third-order valence-electron chi connectivity index (χ3n) is 5.37. The molecule has 3 aliphatic rings. The van der Waals surface area contributed by atoms with Gasteiger partial charge in [-0.2, -0.15) is 0 Å². The fourth-order valence-corrected chi connectivity index (χ4v) is 3.89. The van der Waals surface area contributed by atoms with E-state index in [-0.39, 0.29) is 0 Å². The Balaban J connectivity index is 0.000000222. The number of hydrogen-bond donors (Lipinski definition) is 0. The van der Waals surface area contributed by atoms with E-state index in [0.29, 0.717) is 0 Å². The highest BCUT2D eigenvalue weighted by Crippen LogP contribution is 2.45. The molecule has 3 rings (SSSR count). The van der Waals surface area contributed by atoms with Crippen molar-refractivity contribution in [1.82, 2.24) is 0 Å². The summed E-state index contributed by atoms with van der Waals surface area (Å²) in [7, 11) is 0. The Morgan fingerprint density at radius 3 is 1.69 bits per heavy atom. The molecule has 0 aromatic carbocycles. The maximum absolute atomic E-state index is 3.76. The molecule has 0 heteroatoms. The largest absolute Gasteiger partial charge is 0.103 e. The van der Waals surface area contributed by atoms with E-state index in [1.54, 1.807) is 0 Å². The average molecular weight is 353 g/mol. The molecular weight excluding hydrogens is 312 g/mol. The van der Waals surface area contributed by atoms with Gasteiger partial charge in [-0.15, -0.1) is 19.7 Å². The van der Waals surface area contributed by atoms with Crippen molar-refractivity contribution in [3.8, 4) is 0 Å². The Hall–Kier alpha value is -1.56. The number of hydrogen-bond acceptors (Lipinski definition) is 0. The van der Waals surface area contributed by atoms with Gasteiger partial charge in [0.1, 0.15) is 0 Å². The molecule has 0 amide bonds. The topological polar surface area (TPSA) is 0 Å². The maximum atomic E-state index is 3.76. The Labute approximate surface area is 163 Å². The van der Waals surface area contributed by atoms with Crippen LogP contribution in [0.25, 0.3) is 0 Å². The Kier molecular flexibility index (Phi) is 13.6. The van der Waals surface area contributed by atoms with Gasteiger partial charge in [-0.3, -0.25) is 0 Å². The molecule has 1 fully saturated rings. The average Bonchev–Trinajstić information content (AvgIpc) is 3.43. The number of rotatable bonds is 10. The van der Waals surface area contributed by atoms with E-state index in [1.165, 1.54) is 51.4 Å².